The number of ether oxygens (including phenoxy) is 2. The first kappa shape index (κ1) is 29.4. The molecule has 4 bridgehead atoms. The van der Waals surface area contributed by atoms with Crippen LogP contribution in [0.1, 0.15) is 30.9 Å². The van der Waals surface area contributed by atoms with E-state index in [0.717, 1.165) is 0 Å². The molecule has 22 heteroatoms. The van der Waals surface area contributed by atoms with E-state index in [1.54, 1.807) is 16.1 Å². The molecule has 0 aromatic carbocycles. The quantitative estimate of drug-likeness (QED) is 0.171. The number of aryl methyl sites for hydroxylation is 1. The minimum absolute atomic E-state index is 0.129. The van der Waals surface area contributed by atoms with Crippen molar-refractivity contribution in [2.45, 2.75) is 55.9 Å². The monoisotopic (exact) mass is 695 g/mol. The Labute approximate surface area is 263 Å². The number of phosphoric acid groups is 1. The number of fused-ring (bicyclic) bond motifs is 2. The Bertz CT molecular complexity index is 2090. The molecule has 9 rings (SSSR count). The summed E-state index contributed by atoms with van der Waals surface area (Å²) in [5.74, 6) is 0.313. The summed E-state index contributed by atoms with van der Waals surface area (Å²) < 4.78 is 66.6. The third kappa shape index (κ3) is 4.32. The van der Waals surface area contributed by atoms with Gasteiger partial charge in [-0.05, 0) is 25.7 Å². The van der Waals surface area contributed by atoms with Crippen LogP contribution in [0.3, 0.4) is 0 Å². The average Bonchev–Trinajstić information content (AvgIpc) is 3.48. The maximum Gasteiger partial charge on any atom is 0.472 e. The molecule has 244 valence electrons. The summed E-state index contributed by atoms with van der Waals surface area (Å²) in [6.45, 7) is -3.19. The van der Waals surface area contributed by atoms with Crippen LogP contribution in [0.2, 0.25) is 0 Å². The highest BCUT2D eigenvalue weighted by molar-refractivity contribution is 8.44. The normalized spacial score (nSPS) is 42.0. The summed E-state index contributed by atoms with van der Waals surface area (Å²) >= 11 is 4.33. The molecule has 3 saturated heterocycles. The van der Waals surface area contributed by atoms with Gasteiger partial charge in [-0.2, -0.15) is 0 Å². The van der Waals surface area contributed by atoms with Gasteiger partial charge in [0.15, 0.2) is 28.9 Å². The minimum atomic E-state index is -4.73. The second-order valence-corrected chi connectivity index (χ2v) is 16.7. The number of nitrogens with zero attached hydrogens (tertiary/aromatic N) is 7. The van der Waals surface area contributed by atoms with Gasteiger partial charge in [0.1, 0.15) is 35.5 Å². The van der Waals surface area contributed by atoms with Crippen LogP contribution in [-0.4, -0.2) is 87.7 Å². The summed E-state index contributed by atoms with van der Waals surface area (Å²) in [5, 5.41) is 0. The maximum atomic E-state index is 13.9. The van der Waals surface area contributed by atoms with E-state index in [9.17, 15) is 18.8 Å². The van der Waals surface area contributed by atoms with Crippen LogP contribution < -0.4 is 11.3 Å². The Morgan fingerprint density at radius 2 is 1.83 bits per heavy atom. The van der Waals surface area contributed by atoms with Crippen LogP contribution >= 0.6 is 26.9 Å². The lowest BCUT2D eigenvalue weighted by atomic mass is 10.0. The summed E-state index contributed by atoms with van der Waals surface area (Å²) in [5.41, 5.74) is 4.54. The molecule has 0 spiro atoms. The zero-order valence-electron chi connectivity index (χ0n) is 23.9. The number of rotatable bonds is 2. The Hall–Kier alpha value is -2.77. The molecule has 4 N–H and O–H groups in total. The molecule has 5 aliphatic rings. The molecule has 2 aliphatic carbocycles. The number of nitrogens with one attached hydrogen (secondary N) is 1. The van der Waals surface area contributed by atoms with E-state index in [-0.39, 0.29) is 30.5 Å². The number of imidazole rings is 2. The highest BCUT2D eigenvalue weighted by Crippen LogP contribution is 2.72. The Kier molecular flexibility index (Phi) is 6.17. The van der Waals surface area contributed by atoms with E-state index in [0.29, 0.717) is 35.5 Å². The third-order valence-corrected chi connectivity index (χ3v) is 12.2. The smallest absolute Gasteiger partial charge is 0.382 e. The fourth-order valence-electron chi connectivity index (χ4n) is 7.47. The third-order valence-electron chi connectivity index (χ3n) is 9.68. The second kappa shape index (κ2) is 9.65. The van der Waals surface area contributed by atoms with E-state index in [1.807, 2.05) is 0 Å². The number of aromatic amines is 1. The molecular formula is C24H27N9O10P2S. The molecular weight excluding hydrogens is 668 g/mol. The lowest BCUT2D eigenvalue weighted by Gasteiger charge is -2.33. The van der Waals surface area contributed by atoms with Crippen molar-refractivity contribution in [3.8, 4) is 0 Å². The van der Waals surface area contributed by atoms with Gasteiger partial charge in [0.2, 0.25) is 0 Å². The molecule has 4 aromatic heterocycles. The van der Waals surface area contributed by atoms with Crippen LogP contribution in [0.25, 0.3) is 22.3 Å². The molecule has 10 atom stereocenters. The number of aromatic nitrogens is 8. The molecule has 7 heterocycles. The van der Waals surface area contributed by atoms with E-state index < -0.39 is 68.4 Å². The van der Waals surface area contributed by atoms with Crippen molar-refractivity contribution in [1.82, 2.24) is 39.0 Å². The number of phosphoric ester groups is 1. The highest BCUT2D eigenvalue weighted by atomic mass is 32.7. The van der Waals surface area contributed by atoms with Gasteiger partial charge in [-0.3, -0.25) is 27.5 Å². The lowest BCUT2D eigenvalue weighted by molar-refractivity contribution is -0.182. The standard InChI is InChI=1S/C24H27N9O10P2S/c1-10-30-20-14(21(34)31-10)29-8-32(20)12-3-23-2-11(23)15(12)42-45(37,46)40-6-24-5-38-16(17(24)43-44(35,36)39-4-23)22(41-24)33-9-28-13-18(25)26-7-27-19(13)33/h7-9,11-12,15-17,22H,2-6H2,1H3,(H,35,36)(H,37,46)(H2,25,26,27)(H,30,31,34)/t11-,12+,15+,16+,17-,22+,23+,24+,45+/m0/s1. The molecule has 46 heavy (non-hydrogen) atoms. The maximum absolute atomic E-state index is 13.9. The Morgan fingerprint density at radius 3 is 2.67 bits per heavy atom. The van der Waals surface area contributed by atoms with Crippen molar-refractivity contribution in [3.05, 3.63) is 35.2 Å². The van der Waals surface area contributed by atoms with Crippen molar-refractivity contribution < 1.29 is 41.6 Å². The van der Waals surface area contributed by atoms with Gasteiger partial charge in [0, 0.05) is 5.41 Å². The van der Waals surface area contributed by atoms with E-state index in [1.165, 1.54) is 19.0 Å². The minimum Gasteiger partial charge on any atom is -0.382 e. The summed E-state index contributed by atoms with van der Waals surface area (Å²) in [4.78, 5) is 47.4. The number of thiol groups is 1. The zero-order valence-corrected chi connectivity index (χ0v) is 26.6. The predicted octanol–water partition coefficient (Wildman–Crippen LogP) is 1.42. The average molecular weight is 696 g/mol. The van der Waals surface area contributed by atoms with Crippen LogP contribution in [-0.2, 0) is 36.7 Å². The van der Waals surface area contributed by atoms with Gasteiger partial charge in [0.25, 0.3) is 5.56 Å². The molecule has 3 aliphatic heterocycles. The topological polar surface area (TPSA) is 243 Å². The van der Waals surface area contributed by atoms with Gasteiger partial charge in [-0.25, -0.2) is 34.0 Å². The fraction of sp³-hybridized carbons (Fsp3) is 0.583. The first-order chi connectivity index (χ1) is 21.9. The van der Waals surface area contributed by atoms with Crippen molar-refractivity contribution in [2.75, 3.05) is 25.6 Å². The van der Waals surface area contributed by atoms with Crippen LogP contribution in [0.5, 0.6) is 0 Å². The number of nitrogen functional groups attached to an aromatic ring is 1. The van der Waals surface area contributed by atoms with Crippen LogP contribution in [0.15, 0.2) is 23.8 Å². The Balaban J connectivity index is 1.07. The van der Waals surface area contributed by atoms with Crippen molar-refractivity contribution in [1.29, 1.82) is 0 Å². The van der Waals surface area contributed by atoms with E-state index >= 15 is 0 Å². The van der Waals surface area contributed by atoms with Gasteiger partial charge in [-0.15, -0.1) is 0 Å². The summed E-state index contributed by atoms with van der Waals surface area (Å²) in [6.07, 6.45) is 1.31. The number of hydrogen-bond acceptors (Lipinski definition) is 15. The summed E-state index contributed by atoms with van der Waals surface area (Å²) in [6, 6.07) is -0.520. The second-order valence-electron chi connectivity index (χ2n) is 12.4. The zero-order chi connectivity index (χ0) is 31.8. The van der Waals surface area contributed by atoms with Crippen molar-refractivity contribution >= 4 is 55.0 Å². The fourth-order valence-corrected chi connectivity index (χ4v) is 10.1. The molecule has 1 unspecified atom stereocenters. The number of H-pyrrole nitrogens is 1. The molecule has 19 nitrogen and oxygen atoms in total. The number of hydrogen-bond donors (Lipinski definition) is 4. The molecule has 0 radical (unpaired) electrons. The van der Waals surface area contributed by atoms with Crippen LogP contribution in [0, 0.1) is 18.3 Å². The number of nitrogens with two attached hydrogens (primary N) is 1. The lowest BCUT2D eigenvalue weighted by Crippen LogP contribution is -2.45. The summed E-state index contributed by atoms with van der Waals surface area (Å²) in [7, 11) is -4.73. The Morgan fingerprint density at radius 1 is 1.02 bits per heavy atom. The molecule has 4 aromatic rings. The highest BCUT2D eigenvalue weighted by Gasteiger charge is 2.70. The number of anilines is 1. The van der Waals surface area contributed by atoms with E-state index in [2.05, 4.69) is 42.2 Å². The molecule has 5 fully saturated rings. The largest absolute Gasteiger partial charge is 0.472 e. The van der Waals surface area contributed by atoms with Crippen molar-refractivity contribution in [3.63, 3.8) is 0 Å². The van der Waals surface area contributed by atoms with Gasteiger partial charge >= 0.3 is 14.6 Å². The van der Waals surface area contributed by atoms with Gasteiger partial charge in [0.05, 0.1) is 44.6 Å². The predicted molar refractivity (Wildman–Crippen MR) is 157 cm³/mol. The van der Waals surface area contributed by atoms with Crippen LogP contribution in [0.4, 0.5) is 5.82 Å². The first-order valence-corrected chi connectivity index (χ1v) is 18.5. The van der Waals surface area contributed by atoms with Gasteiger partial charge in [-0.1, -0.05) is 12.2 Å². The molecule has 0 amide bonds. The SMILES string of the molecule is Cc1nc2c(ncn2[C@@H]2C[C@]34COP(=O)(O)O[C@H]5[C@H]6OC[C@]5(CO[P@@](=O)(S)O[C@@H]2[C@@H]3C4)O[C@H]6n2cnc3c(N)ncnc32)c(=O)[nH]1. The first-order valence-electron chi connectivity index (χ1n) is 14.4. The molecule has 2 saturated carbocycles. The van der Waals surface area contributed by atoms with Gasteiger partial charge < -0.3 is 29.7 Å². The van der Waals surface area contributed by atoms with E-state index in [4.69, 9.17) is 33.3 Å². The van der Waals surface area contributed by atoms with Crippen molar-refractivity contribution in [2.24, 2.45) is 11.3 Å².